The lowest BCUT2D eigenvalue weighted by Crippen LogP contribution is -2.39. The molecular formula is C9H12N8OS. The largest absolute Gasteiger partial charge is 0.368 e. The minimum absolute atomic E-state index is 0.127. The summed E-state index contributed by atoms with van der Waals surface area (Å²) in [7, 11) is -0.747. The van der Waals surface area contributed by atoms with E-state index < -0.39 is 10.8 Å². The summed E-state index contributed by atoms with van der Waals surface area (Å²) in [5.74, 6) is 2.16. The zero-order valence-electron chi connectivity index (χ0n) is 10.0. The van der Waals surface area contributed by atoms with Gasteiger partial charge in [-0.15, -0.1) is 0 Å². The van der Waals surface area contributed by atoms with Gasteiger partial charge in [-0.2, -0.15) is 24.7 Å². The van der Waals surface area contributed by atoms with Crippen LogP contribution in [0.15, 0.2) is 12.7 Å². The summed E-state index contributed by atoms with van der Waals surface area (Å²) in [4.78, 5) is 18.2. The van der Waals surface area contributed by atoms with Gasteiger partial charge >= 0.3 is 0 Å². The summed E-state index contributed by atoms with van der Waals surface area (Å²) < 4.78 is 12.8. The van der Waals surface area contributed by atoms with Crippen LogP contribution in [-0.4, -0.2) is 58.5 Å². The summed E-state index contributed by atoms with van der Waals surface area (Å²) in [5.41, 5.74) is 5.69. The zero-order chi connectivity index (χ0) is 13.2. The maximum Gasteiger partial charge on any atom is 0.258 e. The molecule has 3 rings (SSSR count). The zero-order valence-corrected chi connectivity index (χ0v) is 10.8. The molecule has 2 aromatic heterocycles. The van der Waals surface area contributed by atoms with E-state index in [1.807, 2.05) is 4.90 Å². The summed E-state index contributed by atoms with van der Waals surface area (Å²) in [6.07, 6.45) is 2.88. The molecule has 2 N–H and O–H groups in total. The van der Waals surface area contributed by atoms with Crippen molar-refractivity contribution in [3.8, 4) is 5.95 Å². The molecule has 19 heavy (non-hydrogen) atoms. The van der Waals surface area contributed by atoms with Crippen LogP contribution in [0.25, 0.3) is 5.95 Å². The minimum Gasteiger partial charge on any atom is -0.368 e. The number of hydrogen-bond donors (Lipinski definition) is 1. The van der Waals surface area contributed by atoms with Crippen LogP contribution in [0.1, 0.15) is 0 Å². The molecule has 9 nitrogen and oxygen atoms in total. The third-order valence-electron chi connectivity index (χ3n) is 2.71. The van der Waals surface area contributed by atoms with Gasteiger partial charge in [0.05, 0.1) is 0 Å². The fraction of sp³-hybridized carbons (Fsp3) is 0.444. The van der Waals surface area contributed by atoms with E-state index in [-0.39, 0.29) is 5.95 Å². The average molecular weight is 280 g/mol. The van der Waals surface area contributed by atoms with Gasteiger partial charge in [0.1, 0.15) is 12.7 Å². The molecule has 0 atom stereocenters. The van der Waals surface area contributed by atoms with Crippen molar-refractivity contribution in [2.24, 2.45) is 0 Å². The molecule has 0 aromatic carbocycles. The van der Waals surface area contributed by atoms with Gasteiger partial charge in [-0.3, -0.25) is 4.21 Å². The Morgan fingerprint density at radius 3 is 2.58 bits per heavy atom. The number of nitrogens with two attached hydrogens (primary N) is 1. The van der Waals surface area contributed by atoms with Gasteiger partial charge in [-0.25, -0.2) is 4.98 Å². The Labute approximate surface area is 111 Å². The van der Waals surface area contributed by atoms with Crippen molar-refractivity contribution in [1.29, 1.82) is 0 Å². The van der Waals surface area contributed by atoms with E-state index >= 15 is 0 Å². The first-order valence-electron chi connectivity index (χ1n) is 5.69. The van der Waals surface area contributed by atoms with Gasteiger partial charge < -0.3 is 10.6 Å². The second kappa shape index (κ2) is 4.88. The van der Waals surface area contributed by atoms with Crippen LogP contribution in [0.4, 0.5) is 11.9 Å². The smallest absolute Gasteiger partial charge is 0.258 e. The van der Waals surface area contributed by atoms with Crippen molar-refractivity contribution in [2.75, 3.05) is 35.2 Å². The second-order valence-corrected chi connectivity index (χ2v) is 5.66. The maximum absolute atomic E-state index is 11.3. The molecule has 0 amide bonds. The van der Waals surface area contributed by atoms with E-state index in [2.05, 4.69) is 25.0 Å². The normalized spacial score (nSPS) is 16.7. The maximum atomic E-state index is 11.3. The molecule has 0 aliphatic carbocycles. The summed E-state index contributed by atoms with van der Waals surface area (Å²) in [6.45, 7) is 1.29. The van der Waals surface area contributed by atoms with Crippen molar-refractivity contribution >= 4 is 22.7 Å². The number of nitrogen functional groups attached to an aromatic ring is 1. The Bertz CT molecular complexity index is 590. The van der Waals surface area contributed by atoms with Gasteiger partial charge in [0.2, 0.25) is 11.9 Å². The fourth-order valence-electron chi connectivity index (χ4n) is 1.76. The Morgan fingerprint density at radius 2 is 1.89 bits per heavy atom. The third kappa shape index (κ3) is 2.52. The standard InChI is InChI=1S/C9H12N8OS/c10-7-13-8(16-1-3-19(18)4-2-16)15-9(14-7)17-6-11-5-12-17/h5-6H,1-4H2,(H2,10,13,14,15). The highest BCUT2D eigenvalue weighted by Gasteiger charge is 2.19. The van der Waals surface area contributed by atoms with Crippen LogP contribution in [-0.2, 0) is 10.8 Å². The lowest BCUT2D eigenvalue weighted by molar-refractivity contribution is 0.670. The van der Waals surface area contributed by atoms with E-state index in [9.17, 15) is 4.21 Å². The molecule has 3 heterocycles. The van der Waals surface area contributed by atoms with E-state index in [0.29, 0.717) is 36.5 Å². The quantitative estimate of drug-likeness (QED) is 0.714. The first-order valence-corrected chi connectivity index (χ1v) is 7.17. The molecule has 1 aliphatic rings. The Hall–Kier alpha value is -2.10. The Kier molecular flexibility index (Phi) is 3.07. The third-order valence-corrected chi connectivity index (χ3v) is 3.99. The molecule has 0 spiro atoms. The summed E-state index contributed by atoms with van der Waals surface area (Å²) in [6, 6.07) is 0. The topological polar surface area (TPSA) is 116 Å². The number of anilines is 2. The van der Waals surface area contributed by atoms with Crippen molar-refractivity contribution < 1.29 is 4.21 Å². The summed E-state index contributed by atoms with van der Waals surface area (Å²) >= 11 is 0. The average Bonchev–Trinajstić information content (AvgIpc) is 2.93. The lowest BCUT2D eigenvalue weighted by Gasteiger charge is -2.26. The van der Waals surface area contributed by atoms with Crippen LogP contribution in [0, 0.1) is 0 Å². The van der Waals surface area contributed by atoms with Gasteiger partial charge in [0.25, 0.3) is 5.95 Å². The molecule has 1 saturated heterocycles. The molecule has 0 radical (unpaired) electrons. The van der Waals surface area contributed by atoms with Gasteiger partial charge in [-0.05, 0) is 0 Å². The molecule has 0 unspecified atom stereocenters. The first kappa shape index (κ1) is 12.0. The van der Waals surface area contributed by atoms with E-state index in [1.54, 1.807) is 0 Å². The predicted molar refractivity (Wildman–Crippen MR) is 69.2 cm³/mol. The van der Waals surface area contributed by atoms with Crippen LogP contribution in [0.2, 0.25) is 0 Å². The van der Waals surface area contributed by atoms with E-state index in [1.165, 1.54) is 17.3 Å². The van der Waals surface area contributed by atoms with Gasteiger partial charge in [0, 0.05) is 35.4 Å². The van der Waals surface area contributed by atoms with Crippen molar-refractivity contribution in [3.05, 3.63) is 12.7 Å². The molecular weight excluding hydrogens is 268 g/mol. The fourth-order valence-corrected chi connectivity index (χ4v) is 2.81. The van der Waals surface area contributed by atoms with E-state index in [4.69, 9.17) is 5.73 Å². The van der Waals surface area contributed by atoms with Crippen molar-refractivity contribution in [3.63, 3.8) is 0 Å². The predicted octanol–water partition coefficient (Wildman–Crippen LogP) is -1.40. The number of nitrogens with zero attached hydrogens (tertiary/aromatic N) is 7. The number of hydrogen-bond acceptors (Lipinski definition) is 8. The van der Waals surface area contributed by atoms with Crippen LogP contribution < -0.4 is 10.6 Å². The minimum atomic E-state index is -0.747. The molecule has 0 bridgehead atoms. The SMILES string of the molecule is Nc1nc(N2CCS(=O)CC2)nc(-n2cncn2)n1. The highest BCUT2D eigenvalue weighted by atomic mass is 32.2. The van der Waals surface area contributed by atoms with Crippen molar-refractivity contribution in [1.82, 2.24) is 29.7 Å². The highest BCUT2D eigenvalue weighted by molar-refractivity contribution is 7.85. The van der Waals surface area contributed by atoms with Crippen LogP contribution >= 0.6 is 0 Å². The monoisotopic (exact) mass is 280 g/mol. The van der Waals surface area contributed by atoms with E-state index in [0.717, 1.165) is 0 Å². The van der Waals surface area contributed by atoms with Crippen LogP contribution in [0.5, 0.6) is 0 Å². The van der Waals surface area contributed by atoms with Gasteiger partial charge in [-0.1, -0.05) is 0 Å². The Balaban J connectivity index is 1.92. The molecule has 1 aliphatic heterocycles. The molecule has 1 fully saturated rings. The Morgan fingerprint density at radius 1 is 1.16 bits per heavy atom. The lowest BCUT2D eigenvalue weighted by atomic mass is 10.5. The molecule has 10 heteroatoms. The summed E-state index contributed by atoms with van der Waals surface area (Å²) in [5, 5.41) is 3.96. The molecule has 0 saturated carbocycles. The number of rotatable bonds is 2. The molecule has 2 aromatic rings. The number of aromatic nitrogens is 6. The van der Waals surface area contributed by atoms with Gasteiger partial charge in [0.15, 0.2) is 0 Å². The highest BCUT2D eigenvalue weighted by Crippen LogP contribution is 2.13. The van der Waals surface area contributed by atoms with Crippen LogP contribution in [0.3, 0.4) is 0 Å². The second-order valence-electron chi connectivity index (χ2n) is 3.97. The van der Waals surface area contributed by atoms with Crippen molar-refractivity contribution in [2.45, 2.75) is 0 Å². The molecule has 100 valence electrons. The first-order chi connectivity index (χ1) is 9.22.